The Kier molecular flexibility index (Phi) is 10.6. The second-order valence-corrected chi connectivity index (χ2v) is 10.2. The lowest BCUT2D eigenvalue weighted by Gasteiger charge is -2.34. The Morgan fingerprint density at radius 3 is 2.34 bits per heavy atom. The lowest BCUT2D eigenvalue weighted by molar-refractivity contribution is -0.143. The van der Waals surface area contributed by atoms with Crippen LogP contribution < -0.4 is 11.1 Å². The van der Waals surface area contributed by atoms with Crippen LogP contribution in [0, 0.1) is 0 Å². The van der Waals surface area contributed by atoms with Crippen LogP contribution >= 0.6 is 11.3 Å². The number of carbonyl (C=O) groups excluding carboxylic acids is 3. The van der Waals surface area contributed by atoms with Crippen molar-refractivity contribution < 1.29 is 19.1 Å². The average Bonchev–Trinajstić information content (AvgIpc) is 3.46. The molecule has 202 valence electrons. The van der Waals surface area contributed by atoms with Crippen LogP contribution in [0.3, 0.4) is 0 Å². The van der Waals surface area contributed by atoms with E-state index in [1.54, 1.807) is 39.3 Å². The highest BCUT2D eigenvalue weighted by Crippen LogP contribution is 2.18. The summed E-state index contributed by atoms with van der Waals surface area (Å²) in [5, 5.41) is 4.59. The Morgan fingerprint density at radius 2 is 1.71 bits per heavy atom. The van der Waals surface area contributed by atoms with Gasteiger partial charge in [0, 0.05) is 44.0 Å². The number of thiophene rings is 1. The third kappa shape index (κ3) is 7.50. The molecular weight excluding hydrogens is 500 g/mol. The lowest BCUT2D eigenvalue weighted by atomic mass is 10.0. The van der Waals surface area contributed by atoms with Gasteiger partial charge in [-0.25, -0.2) is 0 Å². The first-order valence-electron chi connectivity index (χ1n) is 12.5. The fourth-order valence-electron chi connectivity index (χ4n) is 4.09. The third-order valence-electron chi connectivity index (χ3n) is 6.46. The number of amides is 3. The maximum atomic E-state index is 13.9. The van der Waals surface area contributed by atoms with Crippen molar-refractivity contribution in [1.29, 1.82) is 0 Å². The molecule has 2 aromatic carbocycles. The maximum Gasteiger partial charge on any atom is 0.254 e. The maximum absolute atomic E-state index is 13.9. The zero-order chi connectivity index (χ0) is 27.7. The first kappa shape index (κ1) is 29.0. The molecule has 0 saturated heterocycles. The molecule has 3 atom stereocenters. The fraction of sp³-hybridized carbons (Fsp3) is 0.345. The van der Waals surface area contributed by atoms with Gasteiger partial charge in [-0.05, 0) is 41.6 Å². The van der Waals surface area contributed by atoms with Crippen molar-refractivity contribution in [1.82, 2.24) is 15.1 Å². The molecule has 1 aromatic heterocycles. The van der Waals surface area contributed by atoms with Crippen LogP contribution in [0.15, 0.2) is 72.1 Å². The van der Waals surface area contributed by atoms with E-state index in [1.165, 1.54) is 21.1 Å². The number of rotatable bonds is 12. The minimum atomic E-state index is -0.953. The lowest BCUT2D eigenvalue weighted by Crippen LogP contribution is -2.56. The van der Waals surface area contributed by atoms with Crippen LogP contribution in [0.25, 0.3) is 0 Å². The summed E-state index contributed by atoms with van der Waals surface area (Å²) >= 11 is 1.52. The van der Waals surface area contributed by atoms with E-state index >= 15 is 0 Å². The Bertz CT molecular complexity index is 1200. The number of ether oxygens (including phenoxy) is 1. The summed E-state index contributed by atoms with van der Waals surface area (Å²) in [4.78, 5) is 44.0. The van der Waals surface area contributed by atoms with E-state index in [4.69, 9.17) is 10.5 Å². The molecule has 0 aliphatic carbocycles. The summed E-state index contributed by atoms with van der Waals surface area (Å²) in [7, 11) is 4.72. The van der Waals surface area contributed by atoms with Gasteiger partial charge in [-0.2, -0.15) is 0 Å². The highest BCUT2D eigenvalue weighted by Gasteiger charge is 2.35. The zero-order valence-electron chi connectivity index (χ0n) is 22.3. The van der Waals surface area contributed by atoms with Crippen LogP contribution in [0.5, 0.6) is 0 Å². The predicted octanol–water partition coefficient (Wildman–Crippen LogP) is 3.24. The second kappa shape index (κ2) is 13.9. The van der Waals surface area contributed by atoms with E-state index < -0.39 is 12.1 Å². The molecule has 3 rings (SSSR count). The minimum Gasteiger partial charge on any atom is -0.374 e. The summed E-state index contributed by atoms with van der Waals surface area (Å²) in [6.45, 7) is 2.09. The van der Waals surface area contributed by atoms with Gasteiger partial charge < -0.3 is 25.6 Å². The molecular formula is C29H36N4O4S. The molecule has 0 radical (unpaired) electrons. The summed E-state index contributed by atoms with van der Waals surface area (Å²) in [6, 6.07) is 18.6. The normalized spacial score (nSPS) is 13.3. The topological polar surface area (TPSA) is 105 Å². The number of nitrogens with one attached hydrogen (secondary N) is 1. The summed E-state index contributed by atoms with van der Waals surface area (Å²) in [5.41, 5.74) is 8.21. The molecule has 3 unspecified atom stereocenters. The van der Waals surface area contributed by atoms with Gasteiger partial charge in [-0.1, -0.05) is 48.5 Å². The van der Waals surface area contributed by atoms with E-state index in [-0.39, 0.29) is 37.0 Å². The third-order valence-corrected chi connectivity index (χ3v) is 7.36. The second-order valence-electron chi connectivity index (χ2n) is 9.21. The van der Waals surface area contributed by atoms with Gasteiger partial charge in [0.15, 0.2) is 0 Å². The van der Waals surface area contributed by atoms with E-state index in [9.17, 15) is 14.4 Å². The number of likely N-dealkylation sites (N-methyl/N-ethyl adjacent to an activating group) is 3. The van der Waals surface area contributed by atoms with Crippen molar-refractivity contribution in [2.75, 3.05) is 27.7 Å². The molecule has 3 N–H and O–H groups in total. The largest absolute Gasteiger partial charge is 0.374 e. The first-order chi connectivity index (χ1) is 18.2. The Balaban J connectivity index is 1.86. The van der Waals surface area contributed by atoms with E-state index in [2.05, 4.69) is 5.32 Å². The number of carbonyl (C=O) groups is 3. The van der Waals surface area contributed by atoms with Crippen molar-refractivity contribution >= 4 is 29.1 Å². The highest BCUT2D eigenvalue weighted by atomic mass is 32.1. The van der Waals surface area contributed by atoms with Gasteiger partial charge in [0.1, 0.15) is 12.1 Å². The molecule has 0 bridgehead atoms. The molecule has 3 aromatic rings. The molecule has 8 nitrogen and oxygen atoms in total. The number of hydrogen-bond acceptors (Lipinski definition) is 6. The van der Waals surface area contributed by atoms with Crippen molar-refractivity contribution in [3.63, 3.8) is 0 Å². The van der Waals surface area contributed by atoms with Gasteiger partial charge in [-0.3, -0.25) is 14.4 Å². The van der Waals surface area contributed by atoms with Gasteiger partial charge in [0.2, 0.25) is 11.8 Å². The SMILES string of the molecule is CNC(=O)C(Cc1cccs1)N(C)C(=O)C(COCc1ccccc1)N(C)C(=O)c1cccc(C(C)N)c1. The summed E-state index contributed by atoms with van der Waals surface area (Å²) < 4.78 is 5.93. The monoisotopic (exact) mass is 536 g/mol. The van der Waals surface area contributed by atoms with Crippen molar-refractivity contribution in [2.45, 2.75) is 38.1 Å². The smallest absolute Gasteiger partial charge is 0.254 e. The van der Waals surface area contributed by atoms with Gasteiger partial charge in [0.05, 0.1) is 13.2 Å². The average molecular weight is 537 g/mol. The standard InChI is InChI=1S/C29H36N4O4S/c1-20(30)22-12-8-13-23(16-22)28(35)33(4)26(19-37-18-21-10-6-5-7-11-21)29(36)32(3)25(27(34)31-2)17-24-14-9-15-38-24/h5-16,20,25-26H,17-19,30H2,1-4H3,(H,31,34). The molecule has 38 heavy (non-hydrogen) atoms. The number of nitrogens with two attached hydrogens (primary N) is 1. The highest BCUT2D eigenvalue weighted by molar-refractivity contribution is 7.09. The number of hydrogen-bond donors (Lipinski definition) is 2. The molecule has 9 heteroatoms. The predicted molar refractivity (Wildman–Crippen MR) is 150 cm³/mol. The molecule has 0 saturated carbocycles. The van der Waals surface area contributed by atoms with Crippen LogP contribution in [0.2, 0.25) is 0 Å². The van der Waals surface area contributed by atoms with Crippen LogP contribution in [0.1, 0.15) is 39.3 Å². The quantitative estimate of drug-likeness (QED) is 0.370. The van der Waals surface area contributed by atoms with Crippen molar-refractivity contribution in [2.24, 2.45) is 5.73 Å². The fourth-order valence-corrected chi connectivity index (χ4v) is 4.83. The first-order valence-corrected chi connectivity index (χ1v) is 13.4. The van der Waals surface area contributed by atoms with Gasteiger partial charge in [0.25, 0.3) is 5.91 Å². The molecule has 0 aliphatic heterocycles. The van der Waals surface area contributed by atoms with Crippen molar-refractivity contribution in [3.8, 4) is 0 Å². The van der Waals surface area contributed by atoms with Crippen molar-refractivity contribution in [3.05, 3.63) is 93.7 Å². The van der Waals surface area contributed by atoms with E-state index in [0.29, 0.717) is 12.0 Å². The number of benzene rings is 2. The van der Waals surface area contributed by atoms with Crippen LogP contribution in [0.4, 0.5) is 0 Å². The molecule has 1 heterocycles. The molecule has 0 spiro atoms. The Morgan fingerprint density at radius 1 is 0.974 bits per heavy atom. The van der Waals surface area contributed by atoms with E-state index in [1.807, 2.05) is 60.8 Å². The minimum absolute atomic E-state index is 0.0350. The van der Waals surface area contributed by atoms with Gasteiger partial charge in [-0.15, -0.1) is 11.3 Å². The summed E-state index contributed by atoms with van der Waals surface area (Å²) in [6.07, 6.45) is 0.366. The molecule has 3 amide bonds. The molecule has 0 fully saturated rings. The Hall–Kier alpha value is -3.53. The zero-order valence-corrected chi connectivity index (χ0v) is 23.1. The Labute approximate surface area is 228 Å². The summed E-state index contributed by atoms with van der Waals surface area (Å²) in [5.74, 6) is -1.00. The van der Waals surface area contributed by atoms with E-state index in [0.717, 1.165) is 16.0 Å². The van der Waals surface area contributed by atoms with Gasteiger partial charge >= 0.3 is 0 Å². The van der Waals surface area contributed by atoms with Crippen LogP contribution in [-0.2, 0) is 27.4 Å². The van der Waals surface area contributed by atoms with Crippen LogP contribution in [-0.4, -0.2) is 67.4 Å². The molecule has 0 aliphatic rings. The number of nitrogens with zero attached hydrogens (tertiary/aromatic N) is 2.